The molecule has 65 heavy (non-hydrogen) atoms. The third-order valence-corrected chi connectivity index (χ3v) is 14.3. The summed E-state index contributed by atoms with van der Waals surface area (Å²) in [6, 6.07) is 69.4. The zero-order valence-corrected chi connectivity index (χ0v) is 37.2. The molecule has 9 aromatic carbocycles. The topological polar surface area (TPSA) is 24.6 Å². The molecule has 0 saturated carbocycles. The van der Waals surface area contributed by atoms with Crippen molar-refractivity contribution in [2.45, 2.75) is 40.0 Å². The van der Waals surface area contributed by atoms with Gasteiger partial charge in [-0.2, -0.15) is 0 Å². The molecular weight excluding hydrogens is 789 g/mol. The van der Waals surface area contributed by atoms with Gasteiger partial charge >= 0.3 is 0 Å². The number of furan rings is 1. The number of aromatic nitrogens is 1. The van der Waals surface area contributed by atoms with Gasteiger partial charge in [-0.15, -0.1) is 0 Å². The van der Waals surface area contributed by atoms with E-state index in [2.05, 4.69) is 231 Å². The second-order valence-electron chi connectivity index (χ2n) is 19.0. The van der Waals surface area contributed by atoms with Crippen LogP contribution in [-0.2, 0) is 5.41 Å². The van der Waals surface area contributed by atoms with E-state index in [9.17, 15) is 0 Å². The average Bonchev–Trinajstić information content (AvgIpc) is 3.88. The van der Waals surface area contributed by atoms with Crippen LogP contribution in [-0.4, -0.2) is 11.3 Å². The maximum atomic E-state index is 6.54. The van der Waals surface area contributed by atoms with E-state index in [-0.39, 0.29) is 12.1 Å². The van der Waals surface area contributed by atoms with E-state index in [0.29, 0.717) is 0 Å². The minimum absolute atomic E-state index is 0.0221. The SMILES string of the molecule is Cc1cc2c3c(c1C)N(c1ccccc1)c1cc(C(C)(C)C)ccc1B3c1cc3c(cc1N2c1ccc(-c2cccc4c2oc2ccccc24)cc1)c1ccccc1n3-c1ccccc1. The minimum atomic E-state index is -0.0311. The van der Waals surface area contributed by atoms with Gasteiger partial charge in [-0.1, -0.05) is 136 Å². The van der Waals surface area contributed by atoms with Crippen molar-refractivity contribution < 1.29 is 4.42 Å². The molecule has 0 radical (unpaired) electrons. The Morgan fingerprint density at radius 3 is 1.91 bits per heavy atom. The molecule has 0 bridgehead atoms. The molecule has 2 aliphatic heterocycles. The van der Waals surface area contributed by atoms with Gasteiger partial charge in [-0.3, -0.25) is 0 Å². The molecule has 0 spiro atoms. The van der Waals surface area contributed by atoms with Crippen LogP contribution in [0.4, 0.5) is 34.1 Å². The number of fused-ring (bicyclic) bond motifs is 10. The van der Waals surface area contributed by atoms with Crippen LogP contribution in [0.2, 0.25) is 0 Å². The van der Waals surface area contributed by atoms with Crippen molar-refractivity contribution >= 4 is 101 Å². The summed E-state index contributed by atoms with van der Waals surface area (Å²) in [5, 5.41) is 4.75. The Morgan fingerprint density at radius 1 is 0.477 bits per heavy atom. The van der Waals surface area contributed by atoms with Gasteiger partial charge in [0.25, 0.3) is 6.71 Å². The van der Waals surface area contributed by atoms with Crippen molar-refractivity contribution in [3.05, 3.63) is 205 Å². The van der Waals surface area contributed by atoms with Gasteiger partial charge in [0.05, 0.1) is 11.0 Å². The van der Waals surface area contributed by atoms with Gasteiger partial charge in [0, 0.05) is 66.9 Å². The van der Waals surface area contributed by atoms with Crippen LogP contribution < -0.4 is 26.2 Å². The first-order valence-electron chi connectivity index (χ1n) is 22.8. The lowest BCUT2D eigenvalue weighted by atomic mass is 9.33. The fourth-order valence-corrected chi connectivity index (χ4v) is 11.0. The molecule has 0 unspecified atom stereocenters. The number of aryl methyl sites for hydroxylation is 1. The van der Waals surface area contributed by atoms with Crippen LogP contribution >= 0.6 is 0 Å². The van der Waals surface area contributed by atoms with Gasteiger partial charge < -0.3 is 18.8 Å². The number of nitrogens with zero attached hydrogens (tertiary/aromatic N) is 3. The van der Waals surface area contributed by atoms with E-state index in [4.69, 9.17) is 4.42 Å². The summed E-state index contributed by atoms with van der Waals surface area (Å²) in [7, 11) is 0. The van der Waals surface area contributed by atoms with Crippen molar-refractivity contribution in [2.24, 2.45) is 0 Å². The molecule has 13 rings (SSSR count). The Hall–Kier alpha value is -7.76. The Labute approximate surface area is 379 Å². The summed E-state index contributed by atoms with van der Waals surface area (Å²) in [5.41, 5.74) is 22.6. The monoisotopic (exact) mass is 835 g/mol. The highest BCUT2D eigenvalue weighted by molar-refractivity contribution is 7.00. The second-order valence-corrected chi connectivity index (χ2v) is 19.0. The lowest BCUT2D eigenvalue weighted by molar-refractivity contribution is 0.590. The number of anilines is 6. The van der Waals surface area contributed by atoms with Gasteiger partial charge in [-0.25, -0.2) is 0 Å². The molecular formula is C60H46BN3O. The third kappa shape index (κ3) is 5.51. The first-order valence-corrected chi connectivity index (χ1v) is 22.8. The number of benzene rings is 9. The molecule has 4 heterocycles. The zero-order valence-electron chi connectivity index (χ0n) is 37.2. The van der Waals surface area contributed by atoms with E-state index in [1.165, 1.54) is 77.6 Å². The highest BCUT2D eigenvalue weighted by atomic mass is 16.3. The number of hydrogen-bond acceptors (Lipinski definition) is 3. The van der Waals surface area contributed by atoms with E-state index in [0.717, 1.165) is 50.1 Å². The summed E-state index contributed by atoms with van der Waals surface area (Å²) in [5.74, 6) is 0. The average molecular weight is 836 g/mol. The van der Waals surface area contributed by atoms with Gasteiger partial charge in [-0.05, 0) is 131 Å². The maximum absolute atomic E-state index is 6.54. The lowest BCUT2D eigenvalue weighted by Gasteiger charge is -2.45. The fraction of sp³-hybridized carbons (Fsp3) is 0.100. The smallest absolute Gasteiger partial charge is 0.252 e. The van der Waals surface area contributed by atoms with Crippen LogP contribution in [0, 0.1) is 13.8 Å². The maximum Gasteiger partial charge on any atom is 0.252 e. The molecule has 2 aromatic heterocycles. The second kappa shape index (κ2) is 13.9. The predicted octanol–water partition coefficient (Wildman–Crippen LogP) is 14.3. The predicted molar refractivity (Wildman–Crippen MR) is 276 cm³/mol. The zero-order chi connectivity index (χ0) is 43.7. The van der Waals surface area contributed by atoms with E-state index < -0.39 is 0 Å². The molecule has 0 amide bonds. The Morgan fingerprint density at radius 2 is 1.14 bits per heavy atom. The Balaban J connectivity index is 1.11. The standard InChI is InChI=1S/C60H46BN3O/c1-37-33-55-57-58(38(37)2)64(42-19-10-7-11-20-42)53-34-40(60(3,4)5)29-32-49(53)61(57)50-36-52-48(45-21-12-14-25-51(45)62(52)41-17-8-6-9-18-41)35-54(50)63(55)43-30-27-39(28-31-43)44-23-16-24-47-46-22-13-15-26-56(46)65-59(44)47/h6-36H,1-5H3. The van der Waals surface area contributed by atoms with Crippen LogP contribution in [0.15, 0.2) is 192 Å². The third-order valence-electron chi connectivity index (χ3n) is 14.3. The van der Waals surface area contributed by atoms with Crippen molar-refractivity contribution in [1.82, 2.24) is 4.57 Å². The summed E-state index contributed by atoms with van der Waals surface area (Å²) < 4.78 is 9.00. The normalized spacial score (nSPS) is 13.2. The van der Waals surface area contributed by atoms with E-state index in [1.807, 2.05) is 6.07 Å². The first kappa shape index (κ1) is 37.8. The molecule has 0 fully saturated rings. The van der Waals surface area contributed by atoms with Crippen molar-refractivity contribution in [3.63, 3.8) is 0 Å². The van der Waals surface area contributed by atoms with Crippen LogP contribution in [0.3, 0.4) is 0 Å². The summed E-state index contributed by atoms with van der Waals surface area (Å²) in [4.78, 5) is 5.11. The minimum Gasteiger partial charge on any atom is -0.455 e. The Kier molecular flexibility index (Phi) is 8.06. The van der Waals surface area contributed by atoms with Crippen molar-refractivity contribution in [3.8, 4) is 16.8 Å². The fourth-order valence-electron chi connectivity index (χ4n) is 11.0. The highest BCUT2D eigenvalue weighted by Crippen LogP contribution is 2.48. The number of rotatable bonds is 4. The first-order chi connectivity index (χ1) is 31.7. The molecule has 11 aromatic rings. The quantitative estimate of drug-likeness (QED) is 0.165. The van der Waals surface area contributed by atoms with Crippen molar-refractivity contribution in [2.75, 3.05) is 9.80 Å². The highest BCUT2D eigenvalue weighted by Gasteiger charge is 2.45. The van der Waals surface area contributed by atoms with Gasteiger partial charge in [0.15, 0.2) is 0 Å². The molecule has 0 aliphatic carbocycles. The van der Waals surface area contributed by atoms with Crippen molar-refractivity contribution in [1.29, 1.82) is 0 Å². The van der Waals surface area contributed by atoms with Crippen LogP contribution in [0.1, 0.15) is 37.5 Å². The van der Waals surface area contributed by atoms with E-state index in [1.54, 1.807) is 0 Å². The summed E-state index contributed by atoms with van der Waals surface area (Å²) >= 11 is 0. The summed E-state index contributed by atoms with van der Waals surface area (Å²) in [6.07, 6.45) is 0. The van der Waals surface area contributed by atoms with Crippen LogP contribution in [0.25, 0.3) is 60.6 Å². The Bertz CT molecular complexity index is 3730. The van der Waals surface area contributed by atoms with Gasteiger partial charge in [0.2, 0.25) is 0 Å². The number of para-hydroxylation sites is 5. The molecule has 2 aliphatic rings. The number of hydrogen-bond donors (Lipinski definition) is 0. The molecule has 4 nitrogen and oxygen atoms in total. The molecule has 0 saturated heterocycles. The molecule has 5 heteroatoms. The summed E-state index contributed by atoms with van der Waals surface area (Å²) in [6.45, 7) is 11.5. The van der Waals surface area contributed by atoms with E-state index >= 15 is 0 Å². The largest absolute Gasteiger partial charge is 0.455 e. The molecule has 310 valence electrons. The molecule has 0 N–H and O–H groups in total. The molecule has 0 atom stereocenters. The lowest BCUT2D eigenvalue weighted by Crippen LogP contribution is -2.61. The van der Waals surface area contributed by atoms with Crippen LogP contribution in [0.5, 0.6) is 0 Å². The van der Waals surface area contributed by atoms with Gasteiger partial charge in [0.1, 0.15) is 11.2 Å².